The second kappa shape index (κ2) is 8.63. The molecule has 1 aromatic heterocycles. The SMILES string of the molecule is O=C(Cc1ccccc1)NC1C(=O)N2C(C(=O)O)=C(C=Cc3scnc3Cl)CS[C@@H]12. The first-order valence-electron chi connectivity index (χ1n) is 8.97. The van der Waals surface area contributed by atoms with E-state index in [-0.39, 0.29) is 18.0 Å². The Morgan fingerprint density at radius 1 is 1.30 bits per heavy atom. The molecule has 2 atom stereocenters. The molecule has 0 radical (unpaired) electrons. The molecule has 2 aliphatic rings. The van der Waals surface area contributed by atoms with Crippen LogP contribution in [0.2, 0.25) is 5.15 Å². The number of carboxylic acids is 1. The summed E-state index contributed by atoms with van der Waals surface area (Å²) in [7, 11) is 0. The van der Waals surface area contributed by atoms with Gasteiger partial charge in [0.1, 0.15) is 22.3 Å². The van der Waals surface area contributed by atoms with Crippen LogP contribution in [0.4, 0.5) is 0 Å². The lowest BCUT2D eigenvalue weighted by molar-refractivity contribution is -0.150. The summed E-state index contributed by atoms with van der Waals surface area (Å²) in [6.07, 6.45) is 3.51. The van der Waals surface area contributed by atoms with Gasteiger partial charge in [0.25, 0.3) is 5.91 Å². The van der Waals surface area contributed by atoms with Gasteiger partial charge in [0.15, 0.2) is 0 Å². The molecular formula is C20H16ClN3O4S2. The molecule has 2 amide bonds. The third-order valence-electron chi connectivity index (χ3n) is 4.71. The van der Waals surface area contributed by atoms with Crippen molar-refractivity contribution in [2.24, 2.45) is 0 Å². The summed E-state index contributed by atoms with van der Waals surface area (Å²) >= 11 is 8.73. The summed E-state index contributed by atoms with van der Waals surface area (Å²) in [5.74, 6) is -1.48. The number of thiazole rings is 1. The van der Waals surface area contributed by atoms with Crippen LogP contribution in [-0.4, -0.2) is 49.9 Å². The van der Waals surface area contributed by atoms with Gasteiger partial charge in [-0.15, -0.1) is 23.1 Å². The van der Waals surface area contributed by atoms with Crippen LogP contribution in [0.1, 0.15) is 10.4 Å². The Bertz CT molecular complexity index is 1070. The van der Waals surface area contributed by atoms with Crippen LogP contribution >= 0.6 is 34.7 Å². The van der Waals surface area contributed by atoms with Crippen LogP contribution in [0.3, 0.4) is 0 Å². The monoisotopic (exact) mass is 461 g/mol. The number of halogens is 1. The maximum atomic E-state index is 12.7. The first kappa shape index (κ1) is 20.6. The van der Waals surface area contributed by atoms with Crippen LogP contribution in [-0.2, 0) is 20.8 Å². The lowest BCUT2D eigenvalue weighted by Gasteiger charge is -2.49. The first-order chi connectivity index (χ1) is 14.5. The lowest BCUT2D eigenvalue weighted by atomic mass is 10.0. The predicted octanol–water partition coefficient (Wildman–Crippen LogP) is 2.79. The van der Waals surface area contributed by atoms with Crippen LogP contribution in [0.15, 0.2) is 53.2 Å². The zero-order valence-electron chi connectivity index (χ0n) is 15.4. The number of benzene rings is 1. The van der Waals surface area contributed by atoms with Crippen molar-refractivity contribution in [3.05, 3.63) is 68.8 Å². The highest BCUT2D eigenvalue weighted by atomic mass is 35.5. The molecule has 10 heteroatoms. The van der Waals surface area contributed by atoms with E-state index in [1.807, 2.05) is 30.3 Å². The second-order valence-electron chi connectivity index (χ2n) is 6.64. The zero-order valence-corrected chi connectivity index (χ0v) is 17.8. The van der Waals surface area contributed by atoms with Crippen molar-refractivity contribution >= 4 is 58.6 Å². The van der Waals surface area contributed by atoms with Gasteiger partial charge in [0, 0.05) is 5.75 Å². The quantitative estimate of drug-likeness (QED) is 0.642. The first-order valence-corrected chi connectivity index (χ1v) is 11.3. The minimum absolute atomic E-state index is 0.0609. The van der Waals surface area contributed by atoms with Gasteiger partial charge >= 0.3 is 5.97 Å². The fraction of sp³-hybridized carbons (Fsp3) is 0.200. The third kappa shape index (κ3) is 4.00. The molecule has 7 nitrogen and oxygen atoms in total. The van der Waals surface area contributed by atoms with Gasteiger partial charge < -0.3 is 10.4 Å². The van der Waals surface area contributed by atoms with E-state index in [9.17, 15) is 19.5 Å². The normalized spacial score (nSPS) is 20.8. The van der Waals surface area contributed by atoms with Gasteiger partial charge in [0.2, 0.25) is 5.91 Å². The number of fused-ring (bicyclic) bond motifs is 1. The lowest BCUT2D eigenvalue weighted by Crippen LogP contribution is -2.70. The number of aromatic nitrogens is 1. The van der Waals surface area contributed by atoms with Gasteiger partial charge in [-0.2, -0.15) is 0 Å². The number of carbonyl (C=O) groups excluding carboxylic acids is 2. The topological polar surface area (TPSA) is 99.6 Å². The minimum atomic E-state index is -1.18. The number of hydrogen-bond donors (Lipinski definition) is 2. The Morgan fingerprint density at radius 2 is 2.07 bits per heavy atom. The molecule has 1 unspecified atom stereocenters. The molecule has 2 N–H and O–H groups in total. The fourth-order valence-corrected chi connectivity index (χ4v) is 5.49. The number of carboxylic acid groups (broad SMARTS) is 1. The van der Waals surface area contributed by atoms with Crippen molar-refractivity contribution in [2.45, 2.75) is 17.8 Å². The van der Waals surface area contributed by atoms with Gasteiger partial charge in [0.05, 0.1) is 16.8 Å². The molecule has 0 spiro atoms. The Balaban J connectivity index is 1.49. The van der Waals surface area contributed by atoms with E-state index >= 15 is 0 Å². The summed E-state index contributed by atoms with van der Waals surface area (Å²) in [6.45, 7) is 0. The Morgan fingerprint density at radius 3 is 2.73 bits per heavy atom. The van der Waals surface area contributed by atoms with E-state index in [0.717, 1.165) is 5.56 Å². The van der Waals surface area contributed by atoms with E-state index in [4.69, 9.17) is 11.6 Å². The highest BCUT2D eigenvalue weighted by Gasteiger charge is 2.53. The van der Waals surface area contributed by atoms with E-state index in [2.05, 4.69) is 10.3 Å². The van der Waals surface area contributed by atoms with E-state index < -0.39 is 23.3 Å². The number of allylic oxidation sites excluding steroid dienone is 1. The van der Waals surface area contributed by atoms with Gasteiger partial charge in [-0.05, 0) is 17.2 Å². The van der Waals surface area contributed by atoms with Crippen molar-refractivity contribution in [3.8, 4) is 0 Å². The molecule has 1 fully saturated rings. The minimum Gasteiger partial charge on any atom is -0.477 e. The second-order valence-corrected chi connectivity index (χ2v) is 8.99. The number of carbonyl (C=O) groups is 3. The summed E-state index contributed by atoms with van der Waals surface area (Å²) in [4.78, 5) is 42.8. The molecule has 4 rings (SSSR count). The molecule has 1 aromatic carbocycles. The molecule has 30 heavy (non-hydrogen) atoms. The number of rotatable bonds is 6. The van der Waals surface area contributed by atoms with Crippen molar-refractivity contribution in [2.75, 3.05) is 5.75 Å². The summed E-state index contributed by atoms with van der Waals surface area (Å²) in [5.41, 5.74) is 2.89. The van der Waals surface area contributed by atoms with Crippen LogP contribution in [0.25, 0.3) is 6.08 Å². The molecule has 3 heterocycles. The van der Waals surface area contributed by atoms with Gasteiger partial charge in [-0.3, -0.25) is 14.5 Å². The standard InChI is InChI=1S/C20H16ClN3O4S2/c21-17-13(30-10-22-17)7-6-12-9-29-19-15(18(26)24(19)16(12)20(27)28)23-14(25)8-11-4-2-1-3-5-11/h1-7,10,15,19H,8-9H2,(H,23,25)(H,27,28)/t15?,19-/m0/s1. The van der Waals surface area contributed by atoms with Gasteiger partial charge in [-0.25, -0.2) is 9.78 Å². The van der Waals surface area contributed by atoms with Crippen molar-refractivity contribution in [1.29, 1.82) is 0 Å². The van der Waals surface area contributed by atoms with Crippen LogP contribution in [0.5, 0.6) is 0 Å². The Kier molecular flexibility index (Phi) is 5.94. The smallest absolute Gasteiger partial charge is 0.352 e. The van der Waals surface area contributed by atoms with E-state index in [1.54, 1.807) is 17.7 Å². The highest BCUT2D eigenvalue weighted by molar-refractivity contribution is 8.00. The summed E-state index contributed by atoms with van der Waals surface area (Å²) in [5, 5.41) is 12.4. The molecule has 2 aliphatic heterocycles. The number of nitrogens with one attached hydrogen (secondary N) is 1. The zero-order chi connectivity index (χ0) is 21.3. The average molecular weight is 462 g/mol. The van der Waals surface area contributed by atoms with Crippen LogP contribution < -0.4 is 5.32 Å². The average Bonchev–Trinajstić information content (AvgIpc) is 3.15. The number of thioether (sulfide) groups is 1. The molecule has 0 bridgehead atoms. The third-order valence-corrected chi connectivity index (χ3v) is 7.22. The molecule has 0 saturated carbocycles. The maximum absolute atomic E-state index is 12.7. The van der Waals surface area contributed by atoms with Gasteiger partial charge in [-0.1, -0.05) is 48.0 Å². The molecule has 154 valence electrons. The molecule has 1 saturated heterocycles. The number of aliphatic carboxylic acids is 1. The van der Waals surface area contributed by atoms with Crippen molar-refractivity contribution in [3.63, 3.8) is 0 Å². The fourth-order valence-electron chi connectivity index (χ4n) is 3.30. The molecular weight excluding hydrogens is 446 g/mol. The molecule has 2 aromatic rings. The Hall–Kier alpha value is -2.62. The summed E-state index contributed by atoms with van der Waals surface area (Å²) < 4.78 is 0. The number of amides is 2. The number of nitrogens with zero attached hydrogens (tertiary/aromatic N) is 2. The van der Waals surface area contributed by atoms with E-state index in [0.29, 0.717) is 21.4 Å². The van der Waals surface area contributed by atoms with E-state index in [1.165, 1.54) is 28.0 Å². The highest BCUT2D eigenvalue weighted by Crippen LogP contribution is 2.41. The van der Waals surface area contributed by atoms with Crippen LogP contribution in [0, 0.1) is 0 Å². The molecule has 0 aliphatic carbocycles. The predicted molar refractivity (Wildman–Crippen MR) is 116 cm³/mol. The number of β-lactam (4-membered cyclic amide) rings is 1. The van der Waals surface area contributed by atoms with Crippen molar-refractivity contribution < 1.29 is 19.5 Å². The largest absolute Gasteiger partial charge is 0.477 e. The Labute approximate surface area is 185 Å². The van der Waals surface area contributed by atoms with Crippen molar-refractivity contribution in [1.82, 2.24) is 15.2 Å². The summed E-state index contributed by atoms with van der Waals surface area (Å²) in [6, 6.07) is 8.48. The maximum Gasteiger partial charge on any atom is 0.352 e. The number of hydrogen-bond acceptors (Lipinski definition) is 6.